The molecule has 0 heterocycles. The second-order valence-electron chi connectivity index (χ2n) is 3.67. The zero-order valence-electron chi connectivity index (χ0n) is 10.3. The highest BCUT2D eigenvalue weighted by Gasteiger charge is 2.06. The van der Waals surface area contributed by atoms with E-state index in [-0.39, 0.29) is 5.82 Å². The van der Waals surface area contributed by atoms with Crippen LogP contribution in [0.15, 0.2) is 18.2 Å². The summed E-state index contributed by atoms with van der Waals surface area (Å²) in [6.07, 6.45) is 2.40. The van der Waals surface area contributed by atoms with Crippen molar-refractivity contribution in [2.75, 3.05) is 12.9 Å². The predicted octanol–water partition coefficient (Wildman–Crippen LogP) is 1.99. The maximum atomic E-state index is 13.5. The third-order valence-corrected chi connectivity index (χ3v) is 2.62. The summed E-state index contributed by atoms with van der Waals surface area (Å²) in [6.45, 7) is 1.58. The fourth-order valence-electron chi connectivity index (χ4n) is 1.41. The number of ether oxygens (including phenoxy) is 1. The standard InChI is InChI=1S/C12H15FO4S/c1-9(14)17-11-5-6-12(13)10(8-11)4-3-7-16-18(2)15/h5-6,8H,3-4,7H2,1-2H3. The van der Waals surface area contributed by atoms with Crippen molar-refractivity contribution in [3.8, 4) is 5.75 Å². The molecule has 0 saturated heterocycles. The Labute approximate surface area is 108 Å². The van der Waals surface area contributed by atoms with E-state index in [1.165, 1.54) is 31.4 Å². The van der Waals surface area contributed by atoms with Gasteiger partial charge in [0.2, 0.25) is 0 Å². The van der Waals surface area contributed by atoms with Crippen LogP contribution in [-0.2, 0) is 26.5 Å². The van der Waals surface area contributed by atoms with Crippen LogP contribution in [0.25, 0.3) is 0 Å². The second kappa shape index (κ2) is 7.23. The van der Waals surface area contributed by atoms with Crippen LogP contribution < -0.4 is 4.74 Å². The smallest absolute Gasteiger partial charge is 0.308 e. The van der Waals surface area contributed by atoms with Crippen molar-refractivity contribution in [1.29, 1.82) is 0 Å². The number of carbonyl (C=O) groups is 1. The molecule has 0 N–H and O–H groups in total. The van der Waals surface area contributed by atoms with Gasteiger partial charge in [0.15, 0.2) is 11.1 Å². The molecule has 0 aliphatic carbocycles. The van der Waals surface area contributed by atoms with E-state index in [4.69, 9.17) is 8.92 Å². The molecule has 1 unspecified atom stereocenters. The molecule has 6 heteroatoms. The lowest BCUT2D eigenvalue weighted by Crippen LogP contribution is -2.03. The Kier molecular flexibility index (Phi) is 5.94. The van der Waals surface area contributed by atoms with Gasteiger partial charge in [0, 0.05) is 13.2 Å². The molecule has 100 valence electrons. The molecule has 0 radical (unpaired) electrons. The third kappa shape index (κ3) is 5.37. The minimum absolute atomic E-state index is 0.292. The molecule has 18 heavy (non-hydrogen) atoms. The van der Waals surface area contributed by atoms with Crippen LogP contribution >= 0.6 is 0 Å². The Morgan fingerprint density at radius 3 is 2.78 bits per heavy atom. The molecule has 0 spiro atoms. The molecular weight excluding hydrogens is 259 g/mol. The molecule has 1 aromatic carbocycles. The molecule has 0 aliphatic rings. The van der Waals surface area contributed by atoms with E-state index in [0.29, 0.717) is 30.8 Å². The average molecular weight is 274 g/mol. The molecular formula is C12H15FO4S. The number of esters is 1. The van der Waals surface area contributed by atoms with Crippen LogP contribution in [0.1, 0.15) is 18.9 Å². The summed E-state index contributed by atoms with van der Waals surface area (Å²) < 4.78 is 33.8. The van der Waals surface area contributed by atoms with Gasteiger partial charge in [0.25, 0.3) is 0 Å². The van der Waals surface area contributed by atoms with Crippen LogP contribution in [-0.4, -0.2) is 23.0 Å². The van der Waals surface area contributed by atoms with Crippen molar-refractivity contribution in [2.24, 2.45) is 0 Å². The lowest BCUT2D eigenvalue weighted by Gasteiger charge is -2.06. The van der Waals surface area contributed by atoms with Gasteiger partial charge in [0.1, 0.15) is 11.6 Å². The van der Waals surface area contributed by atoms with Gasteiger partial charge in [-0.25, -0.2) is 8.60 Å². The van der Waals surface area contributed by atoms with Crippen LogP contribution in [0.3, 0.4) is 0 Å². The zero-order valence-corrected chi connectivity index (χ0v) is 11.1. The normalized spacial score (nSPS) is 12.2. The SMILES string of the molecule is CC(=O)Oc1ccc(F)c(CCCOS(C)=O)c1. The van der Waals surface area contributed by atoms with Gasteiger partial charge in [0.05, 0.1) is 6.61 Å². The fourth-order valence-corrected chi connectivity index (χ4v) is 1.76. The Bertz CT molecular complexity index is 448. The highest BCUT2D eigenvalue weighted by molar-refractivity contribution is 7.79. The van der Waals surface area contributed by atoms with Gasteiger partial charge in [-0.05, 0) is 36.6 Å². The van der Waals surface area contributed by atoms with Gasteiger partial charge in [-0.3, -0.25) is 8.98 Å². The molecule has 0 aromatic heterocycles. The largest absolute Gasteiger partial charge is 0.427 e. The van der Waals surface area contributed by atoms with E-state index in [0.717, 1.165) is 0 Å². The van der Waals surface area contributed by atoms with E-state index in [1.807, 2.05) is 0 Å². The summed E-state index contributed by atoms with van der Waals surface area (Å²) in [5.41, 5.74) is 0.444. The van der Waals surface area contributed by atoms with E-state index < -0.39 is 17.0 Å². The molecule has 1 aromatic rings. The molecule has 4 nitrogen and oxygen atoms in total. The van der Waals surface area contributed by atoms with Crippen molar-refractivity contribution < 1.29 is 22.3 Å². The average Bonchev–Trinajstić information content (AvgIpc) is 2.27. The van der Waals surface area contributed by atoms with Gasteiger partial charge in [-0.2, -0.15) is 0 Å². The van der Waals surface area contributed by atoms with Gasteiger partial charge >= 0.3 is 5.97 Å². The number of hydrogen-bond donors (Lipinski definition) is 0. The highest BCUT2D eigenvalue weighted by atomic mass is 32.2. The predicted molar refractivity (Wildman–Crippen MR) is 66.0 cm³/mol. The van der Waals surface area contributed by atoms with Gasteiger partial charge in [-0.15, -0.1) is 0 Å². The summed E-state index contributed by atoms with van der Waals surface area (Å²) in [5, 5.41) is 0. The zero-order chi connectivity index (χ0) is 13.5. The summed E-state index contributed by atoms with van der Waals surface area (Å²) in [7, 11) is 0. The molecule has 0 bridgehead atoms. The maximum absolute atomic E-state index is 13.5. The molecule has 0 fully saturated rings. The van der Waals surface area contributed by atoms with Crippen molar-refractivity contribution in [3.63, 3.8) is 0 Å². The number of aryl methyl sites for hydroxylation is 1. The monoisotopic (exact) mass is 274 g/mol. The van der Waals surface area contributed by atoms with Gasteiger partial charge in [-0.1, -0.05) is 0 Å². The van der Waals surface area contributed by atoms with E-state index >= 15 is 0 Å². The van der Waals surface area contributed by atoms with E-state index in [9.17, 15) is 13.4 Å². The maximum Gasteiger partial charge on any atom is 0.308 e. The topological polar surface area (TPSA) is 52.6 Å². The van der Waals surface area contributed by atoms with Gasteiger partial charge < -0.3 is 4.74 Å². The van der Waals surface area contributed by atoms with Crippen LogP contribution in [0.2, 0.25) is 0 Å². The first-order valence-corrected chi connectivity index (χ1v) is 6.91. The fraction of sp³-hybridized carbons (Fsp3) is 0.417. The number of carbonyl (C=O) groups excluding carboxylic acids is 1. The second-order valence-corrected chi connectivity index (χ2v) is 4.71. The first kappa shape index (κ1) is 14.8. The molecule has 0 aliphatic heterocycles. The minimum atomic E-state index is -1.30. The Hall–Kier alpha value is -1.27. The Morgan fingerprint density at radius 1 is 1.44 bits per heavy atom. The molecule has 0 saturated carbocycles. The molecule has 0 amide bonds. The van der Waals surface area contributed by atoms with Crippen molar-refractivity contribution in [1.82, 2.24) is 0 Å². The van der Waals surface area contributed by atoms with Crippen molar-refractivity contribution in [3.05, 3.63) is 29.6 Å². The van der Waals surface area contributed by atoms with E-state index in [2.05, 4.69) is 0 Å². The molecule has 1 rings (SSSR count). The Morgan fingerprint density at radius 2 is 2.17 bits per heavy atom. The number of halogens is 1. The first-order valence-electron chi connectivity index (χ1n) is 5.42. The van der Waals surface area contributed by atoms with Crippen molar-refractivity contribution in [2.45, 2.75) is 19.8 Å². The minimum Gasteiger partial charge on any atom is -0.427 e. The third-order valence-electron chi connectivity index (χ3n) is 2.12. The van der Waals surface area contributed by atoms with Crippen molar-refractivity contribution >= 4 is 17.0 Å². The van der Waals surface area contributed by atoms with Crippen LogP contribution in [0.4, 0.5) is 4.39 Å². The van der Waals surface area contributed by atoms with Crippen LogP contribution in [0, 0.1) is 5.82 Å². The molecule has 1 atom stereocenters. The Balaban J connectivity index is 2.58. The number of rotatable bonds is 6. The van der Waals surface area contributed by atoms with E-state index in [1.54, 1.807) is 0 Å². The first-order chi connectivity index (χ1) is 8.49. The highest BCUT2D eigenvalue weighted by Crippen LogP contribution is 2.18. The quantitative estimate of drug-likeness (QED) is 0.452. The number of hydrogen-bond acceptors (Lipinski definition) is 4. The number of benzene rings is 1. The summed E-state index contributed by atoms with van der Waals surface area (Å²) in [5.74, 6) is -0.486. The summed E-state index contributed by atoms with van der Waals surface area (Å²) >= 11 is -1.30. The van der Waals surface area contributed by atoms with Crippen LogP contribution in [0.5, 0.6) is 5.75 Å². The lowest BCUT2D eigenvalue weighted by molar-refractivity contribution is -0.131. The summed E-state index contributed by atoms with van der Waals surface area (Å²) in [4.78, 5) is 10.8. The summed E-state index contributed by atoms with van der Waals surface area (Å²) in [6, 6.07) is 4.14. The lowest BCUT2D eigenvalue weighted by atomic mass is 10.1.